The van der Waals surface area contributed by atoms with Gasteiger partial charge >= 0.3 is 5.69 Å². The van der Waals surface area contributed by atoms with Crippen LogP contribution in [0.25, 0.3) is 38.9 Å². The van der Waals surface area contributed by atoms with Gasteiger partial charge in [0.25, 0.3) is 0 Å². The number of hydrogen-bond acceptors (Lipinski definition) is 5. The van der Waals surface area contributed by atoms with Gasteiger partial charge in [0.05, 0.1) is 42.3 Å². The summed E-state index contributed by atoms with van der Waals surface area (Å²) in [6.45, 7) is 0. The van der Waals surface area contributed by atoms with E-state index in [2.05, 4.69) is 15.1 Å². The van der Waals surface area contributed by atoms with Crippen LogP contribution in [0.5, 0.6) is 5.75 Å². The summed E-state index contributed by atoms with van der Waals surface area (Å²) in [7, 11) is 5.11. The highest BCUT2D eigenvalue weighted by Crippen LogP contribution is 2.36. The van der Waals surface area contributed by atoms with Crippen molar-refractivity contribution in [1.29, 1.82) is 0 Å². The van der Waals surface area contributed by atoms with Gasteiger partial charge in [0.1, 0.15) is 17.4 Å². The van der Waals surface area contributed by atoms with Crippen molar-refractivity contribution in [3.63, 3.8) is 0 Å². The second-order valence-electron chi connectivity index (χ2n) is 6.98. The van der Waals surface area contributed by atoms with E-state index in [-0.39, 0.29) is 5.69 Å². The lowest BCUT2D eigenvalue weighted by atomic mass is 10.0. The fraction of sp³-hybridized carbons (Fsp3) is 0.143. The molecule has 0 aliphatic carbocycles. The molecule has 1 aromatic carbocycles. The number of nitrogens with zero attached hydrogens (tertiary/aromatic N) is 6. The van der Waals surface area contributed by atoms with E-state index in [1.807, 2.05) is 25.4 Å². The zero-order valence-electron chi connectivity index (χ0n) is 16.5. The summed E-state index contributed by atoms with van der Waals surface area (Å²) in [5.74, 6) is 0.507. The van der Waals surface area contributed by atoms with E-state index < -0.39 is 5.82 Å². The Morgan fingerprint density at radius 1 is 1.07 bits per heavy atom. The standard InChI is InChI=1S/C21H17FN6O2/c1-26-11-12(8-25-26)14-6-15-16(7-18(14)30-3)23-10-17-20(15)28(21(29)27(17)2)19-5-4-13(22)9-24-19/h4-11H,1-3H3. The van der Waals surface area contributed by atoms with Crippen LogP contribution < -0.4 is 10.4 Å². The van der Waals surface area contributed by atoms with Crippen LogP contribution in [0.1, 0.15) is 0 Å². The number of benzene rings is 1. The van der Waals surface area contributed by atoms with E-state index in [0.717, 1.165) is 22.7 Å². The molecule has 0 unspecified atom stereocenters. The highest BCUT2D eigenvalue weighted by atomic mass is 19.1. The quantitative estimate of drug-likeness (QED) is 0.462. The smallest absolute Gasteiger partial charge is 0.334 e. The van der Waals surface area contributed by atoms with E-state index in [4.69, 9.17) is 4.74 Å². The lowest BCUT2D eigenvalue weighted by Gasteiger charge is -2.11. The summed E-state index contributed by atoms with van der Waals surface area (Å²) in [4.78, 5) is 21.7. The van der Waals surface area contributed by atoms with Crippen molar-refractivity contribution < 1.29 is 9.13 Å². The van der Waals surface area contributed by atoms with Crippen LogP contribution in [0, 0.1) is 5.82 Å². The van der Waals surface area contributed by atoms with Crippen molar-refractivity contribution in [1.82, 2.24) is 28.9 Å². The lowest BCUT2D eigenvalue weighted by Crippen LogP contribution is -2.21. The Kier molecular flexibility index (Phi) is 3.92. The van der Waals surface area contributed by atoms with E-state index >= 15 is 0 Å². The molecule has 30 heavy (non-hydrogen) atoms. The maximum absolute atomic E-state index is 13.4. The Balaban J connectivity index is 1.92. The average Bonchev–Trinajstić information content (AvgIpc) is 3.29. The number of hydrogen-bond donors (Lipinski definition) is 0. The van der Waals surface area contributed by atoms with Gasteiger partial charge in [-0.15, -0.1) is 0 Å². The van der Waals surface area contributed by atoms with E-state index in [1.54, 1.807) is 31.2 Å². The molecule has 0 radical (unpaired) electrons. The van der Waals surface area contributed by atoms with Crippen molar-refractivity contribution in [3.8, 4) is 22.7 Å². The van der Waals surface area contributed by atoms with Crippen molar-refractivity contribution >= 4 is 21.9 Å². The average molecular weight is 404 g/mol. The molecule has 4 heterocycles. The van der Waals surface area contributed by atoms with Gasteiger partial charge in [-0.1, -0.05) is 0 Å². The van der Waals surface area contributed by atoms with Gasteiger partial charge in [0.2, 0.25) is 0 Å². The monoisotopic (exact) mass is 404 g/mol. The zero-order chi connectivity index (χ0) is 21.0. The number of halogens is 1. The van der Waals surface area contributed by atoms with E-state index in [0.29, 0.717) is 28.1 Å². The first-order valence-electron chi connectivity index (χ1n) is 9.17. The summed E-state index contributed by atoms with van der Waals surface area (Å²) >= 11 is 0. The molecule has 0 spiro atoms. The SMILES string of the molecule is COc1cc2ncc3c(c2cc1-c1cnn(C)c1)n(-c1ccc(F)cn1)c(=O)n3C. The van der Waals surface area contributed by atoms with Crippen LogP contribution in [-0.2, 0) is 14.1 Å². The molecule has 150 valence electrons. The first kappa shape index (κ1) is 18.0. The van der Waals surface area contributed by atoms with Crippen LogP contribution in [0.2, 0.25) is 0 Å². The Bertz CT molecular complexity index is 1480. The fourth-order valence-corrected chi connectivity index (χ4v) is 3.69. The molecule has 4 aromatic heterocycles. The van der Waals surface area contributed by atoms with Crippen molar-refractivity contribution in [2.24, 2.45) is 14.1 Å². The van der Waals surface area contributed by atoms with Crippen LogP contribution in [0.15, 0.2) is 53.8 Å². The largest absolute Gasteiger partial charge is 0.496 e. The molecule has 0 N–H and O–H groups in total. The minimum absolute atomic E-state index is 0.294. The molecule has 5 aromatic rings. The van der Waals surface area contributed by atoms with Gasteiger partial charge in [-0.2, -0.15) is 5.10 Å². The van der Waals surface area contributed by atoms with Crippen LogP contribution in [0.4, 0.5) is 4.39 Å². The van der Waals surface area contributed by atoms with Gasteiger partial charge in [0.15, 0.2) is 0 Å². The first-order chi connectivity index (χ1) is 14.5. The molecule has 0 fully saturated rings. The normalized spacial score (nSPS) is 11.5. The molecule has 0 aliphatic heterocycles. The van der Waals surface area contributed by atoms with Crippen LogP contribution in [-0.4, -0.2) is 36.0 Å². The van der Waals surface area contributed by atoms with Gasteiger partial charge in [0, 0.05) is 42.9 Å². The molecule has 0 amide bonds. The maximum atomic E-state index is 13.4. The second-order valence-corrected chi connectivity index (χ2v) is 6.98. The summed E-state index contributed by atoms with van der Waals surface area (Å²) in [5, 5.41) is 4.99. The third kappa shape index (κ3) is 2.59. The van der Waals surface area contributed by atoms with E-state index in [1.165, 1.54) is 21.3 Å². The minimum atomic E-state index is -0.470. The predicted molar refractivity (Wildman–Crippen MR) is 110 cm³/mol. The topological polar surface area (TPSA) is 79.8 Å². The first-order valence-corrected chi connectivity index (χ1v) is 9.17. The Morgan fingerprint density at radius 3 is 2.57 bits per heavy atom. The van der Waals surface area contributed by atoms with Crippen LogP contribution >= 0.6 is 0 Å². The third-order valence-electron chi connectivity index (χ3n) is 5.16. The van der Waals surface area contributed by atoms with Crippen molar-refractivity contribution in [3.05, 3.63) is 65.4 Å². The predicted octanol–water partition coefficient (Wildman–Crippen LogP) is 2.82. The molecule has 0 aliphatic rings. The summed E-state index contributed by atoms with van der Waals surface area (Å²) in [6.07, 6.45) is 6.37. The number of ether oxygens (including phenoxy) is 1. The number of aryl methyl sites for hydroxylation is 2. The number of imidazole rings is 1. The highest BCUT2D eigenvalue weighted by Gasteiger charge is 2.19. The highest BCUT2D eigenvalue weighted by molar-refractivity contribution is 6.05. The minimum Gasteiger partial charge on any atom is -0.496 e. The molecule has 0 bridgehead atoms. The molecule has 0 saturated carbocycles. The Hall–Kier alpha value is -4.01. The number of pyridine rings is 2. The van der Waals surface area contributed by atoms with Gasteiger partial charge in [-0.3, -0.25) is 14.2 Å². The number of rotatable bonds is 3. The van der Waals surface area contributed by atoms with Crippen molar-refractivity contribution in [2.75, 3.05) is 7.11 Å². The number of aromatic nitrogens is 6. The van der Waals surface area contributed by atoms with Crippen LogP contribution in [0.3, 0.4) is 0 Å². The molecule has 0 atom stereocenters. The molecular formula is C21H17FN6O2. The van der Waals surface area contributed by atoms with Gasteiger partial charge in [-0.25, -0.2) is 18.7 Å². The summed E-state index contributed by atoms with van der Waals surface area (Å²) in [5.41, 5.74) is 3.34. The third-order valence-corrected chi connectivity index (χ3v) is 5.16. The summed E-state index contributed by atoms with van der Waals surface area (Å²) in [6, 6.07) is 6.52. The zero-order valence-corrected chi connectivity index (χ0v) is 16.5. The number of fused-ring (bicyclic) bond motifs is 3. The van der Waals surface area contributed by atoms with Gasteiger partial charge < -0.3 is 4.74 Å². The molecule has 5 rings (SSSR count). The van der Waals surface area contributed by atoms with Crippen molar-refractivity contribution in [2.45, 2.75) is 0 Å². The lowest BCUT2D eigenvalue weighted by molar-refractivity contribution is 0.417. The molecule has 8 nitrogen and oxygen atoms in total. The summed E-state index contributed by atoms with van der Waals surface area (Å²) < 4.78 is 23.7. The fourth-order valence-electron chi connectivity index (χ4n) is 3.69. The Morgan fingerprint density at radius 2 is 1.90 bits per heavy atom. The van der Waals surface area contributed by atoms with Gasteiger partial charge in [-0.05, 0) is 18.2 Å². The molecular weight excluding hydrogens is 387 g/mol. The number of methoxy groups -OCH3 is 1. The molecule has 0 saturated heterocycles. The second kappa shape index (κ2) is 6.51. The van der Waals surface area contributed by atoms with E-state index in [9.17, 15) is 9.18 Å². The maximum Gasteiger partial charge on any atom is 0.334 e. The molecule has 9 heteroatoms. The Labute approximate surface area is 169 Å².